The van der Waals surface area contributed by atoms with Gasteiger partial charge in [0.25, 0.3) is 5.91 Å². The molecule has 8 heteroatoms. The molecule has 2 N–H and O–H groups in total. The number of hydrogen-bond acceptors (Lipinski definition) is 3. The summed E-state index contributed by atoms with van der Waals surface area (Å²) in [5.41, 5.74) is 0.365. The number of aliphatic carboxylic acids is 1. The highest BCUT2D eigenvalue weighted by Gasteiger charge is 2.34. The molecule has 0 saturated carbocycles. The summed E-state index contributed by atoms with van der Waals surface area (Å²) in [5.74, 6) is -1.61. The standard InChI is InChI=1S/C15H16Cl2N2O4/c16-10-4-3-9(8-11(10)17)15(23)19-7-1-2-12(19)14(22)18-6-5-13(20)21/h3-4,8,12H,1-2,5-7H2,(H,18,22)(H,20,21). The molecule has 1 atom stereocenters. The zero-order valence-corrected chi connectivity index (χ0v) is 13.7. The fourth-order valence-corrected chi connectivity index (χ4v) is 2.79. The van der Waals surface area contributed by atoms with Gasteiger partial charge in [-0.3, -0.25) is 14.4 Å². The molecule has 0 radical (unpaired) electrons. The monoisotopic (exact) mass is 358 g/mol. The van der Waals surface area contributed by atoms with Crippen molar-refractivity contribution < 1.29 is 19.5 Å². The summed E-state index contributed by atoms with van der Waals surface area (Å²) in [4.78, 5) is 36.7. The predicted molar refractivity (Wildman–Crippen MR) is 85.8 cm³/mol. The molecule has 1 heterocycles. The molecule has 23 heavy (non-hydrogen) atoms. The molecule has 1 fully saturated rings. The molecule has 124 valence electrons. The minimum Gasteiger partial charge on any atom is -0.481 e. The lowest BCUT2D eigenvalue weighted by atomic mass is 10.1. The van der Waals surface area contributed by atoms with Gasteiger partial charge >= 0.3 is 5.97 Å². The molecule has 0 bridgehead atoms. The lowest BCUT2D eigenvalue weighted by molar-refractivity contribution is -0.137. The van der Waals surface area contributed by atoms with E-state index >= 15 is 0 Å². The quantitative estimate of drug-likeness (QED) is 0.844. The molecular formula is C15H16Cl2N2O4. The van der Waals surface area contributed by atoms with Gasteiger partial charge in [0.2, 0.25) is 5.91 Å². The number of halogens is 2. The first-order valence-electron chi connectivity index (χ1n) is 7.15. The van der Waals surface area contributed by atoms with Gasteiger partial charge in [0.05, 0.1) is 16.5 Å². The number of carboxylic acid groups (broad SMARTS) is 1. The third kappa shape index (κ3) is 4.36. The average molecular weight is 359 g/mol. The van der Waals surface area contributed by atoms with Crippen LogP contribution in [0.2, 0.25) is 10.0 Å². The van der Waals surface area contributed by atoms with E-state index < -0.39 is 12.0 Å². The van der Waals surface area contributed by atoms with Crippen LogP contribution in [0.25, 0.3) is 0 Å². The van der Waals surface area contributed by atoms with Gasteiger partial charge in [-0.15, -0.1) is 0 Å². The molecule has 6 nitrogen and oxygen atoms in total. The largest absolute Gasteiger partial charge is 0.481 e. The molecule has 0 spiro atoms. The molecule has 1 unspecified atom stereocenters. The van der Waals surface area contributed by atoms with Gasteiger partial charge < -0.3 is 15.3 Å². The van der Waals surface area contributed by atoms with Crippen molar-refractivity contribution in [2.45, 2.75) is 25.3 Å². The van der Waals surface area contributed by atoms with Gasteiger partial charge in [-0.25, -0.2) is 0 Å². The zero-order valence-electron chi connectivity index (χ0n) is 12.2. The van der Waals surface area contributed by atoms with Crippen molar-refractivity contribution in [3.63, 3.8) is 0 Å². The lowest BCUT2D eigenvalue weighted by Gasteiger charge is -2.24. The number of likely N-dealkylation sites (tertiary alicyclic amines) is 1. The average Bonchev–Trinajstić information content (AvgIpc) is 2.98. The van der Waals surface area contributed by atoms with E-state index in [4.69, 9.17) is 28.3 Å². The van der Waals surface area contributed by atoms with Crippen LogP contribution in [0.15, 0.2) is 18.2 Å². The molecule has 0 aromatic heterocycles. The normalized spacial score (nSPS) is 17.1. The zero-order chi connectivity index (χ0) is 17.0. The lowest BCUT2D eigenvalue weighted by Crippen LogP contribution is -2.46. The highest BCUT2D eigenvalue weighted by atomic mass is 35.5. The highest BCUT2D eigenvalue weighted by molar-refractivity contribution is 6.42. The Labute approximate surface area is 143 Å². The van der Waals surface area contributed by atoms with Crippen molar-refractivity contribution in [1.82, 2.24) is 10.2 Å². The maximum Gasteiger partial charge on any atom is 0.305 e. The number of nitrogens with one attached hydrogen (secondary N) is 1. The van der Waals surface area contributed by atoms with Crippen LogP contribution in [0, 0.1) is 0 Å². The first kappa shape index (κ1) is 17.6. The Kier molecular flexibility index (Phi) is 5.85. The maximum atomic E-state index is 12.6. The third-order valence-electron chi connectivity index (χ3n) is 3.62. The molecule has 1 aliphatic heterocycles. The van der Waals surface area contributed by atoms with E-state index in [1.807, 2.05) is 0 Å². The van der Waals surface area contributed by atoms with Gasteiger partial charge in [0.1, 0.15) is 6.04 Å². The van der Waals surface area contributed by atoms with E-state index in [9.17, 15) is 14.4 Å². The minimum absolute atomic E-state index is 0.0411. The van der Waals surface area contributed by atoms with Crippen LogP contribution in [0.1, 0.15) is 29.6 Å². The molecule has 1 aromatic rings. The van der Waals surface area contributed by atoms with E-state index in [0.29, 0.717) is 30.0 Å². The van der Waals surface area contributed by atoms with Crippen molar-refractivity contribution in [2.75, 3.05) is 13.1 Å². The van der Waals surface area contributed by atoms with Crippen LogP contribution in [-0.4, -0.2) is 46.9 Å². The van der Waals surface area contributed by atoms with Crippen molar-refractivity contribution in [3.8, 4) is 0 Å². The maximum absolute atomic E-state index is 12.6. The van der Waals surface area contributed by atoms with Crippen molar-refractivity contribution in [2.24, 2.45) is 0 Å². The van der Waals surface area contributed by atoms with Crippen molar-refractivity contribution in [1.29, 1.82) is 0 Å². The number of benzene rings is 1. The fourth-order valence-electron chi connectivity index (χ4n) is 2.49. The van der Waals surface area contributed by atoms with Gasteiger partial charge in [-0.2, -0.15) is 0 Å². The summed E-state index contributed by atoms with van der Waals surface area (Å²) in [5, 5.41) is 11.8. The van der Waals surface area contributed by atoms with Crippen LogP contribution in [-0.2, 0) is 9.59 Å². The summed E-state index contributed by atoms with van der Waals surface area (Å²) >= 11 is 11.8. The second-order valence-electron chi connectivity index (χ2n) is 5.22. The van der Waals surface area contributed by atoms with E-state index in [0.717, 1.165) is 0 Å². The summed E-state index contributed by atoms with van der Waals surface area (Å²) in [6.45, 7) is 0.509. The van der Waals surface area contributed by atoms with Gasteiger partial charge in [0.15, 0.2) is 0 Å². The Bertz CT molecular complexity index is 636. The van der Waals surface area contributed by atoms with Crippen LogP contribution in [0.4, 0.5) is 0 Å². The molecule has 1 aliphatic rings. The Balaban J connectivity index is 2.05. The van der Waals surface area contributed by atoms with Crippen LogP contribution in [0.5, 0.6) is 0 Å². The molecule has 2 amide bonds. The van der Waals surface area contributed by atoms with E-state index in [2.05, 4.69) is 5.32 Å². The second-order valence-corrected chi connectivity index (χ2v) is 6.03. The van der Waals surface area contributed by atoms with Gasteiger partial charge in [-0.05, 0) is 31.0 Å². The number of hydrogen-bond donors (Lipinski definition) is 2. The molecule has 1 saturated heterocycles. The molecule has 2 rings (SSSR count). The Morgan fingerprint density at radius 1 is 1.26 bits per heavy atom. The van der Waals surface area contributed by atoms with Crippen molar-refractivity contribution in [3.05, 3.63) is 33.8 Å². The summed E-state index contributed by atoms with van der Waals surface area (Å²) < 4.78 is 0. The first-order valence-corrected chi connectivity index (χ1v) is 7.91. The van der Waals surface area contributed by atoms with Gasteiger partial charge in [-0.1, -0.05) is 23.2 Å². The number of carboxylic acids is 1. The van der Waals surface area contributed by atoms with Gasteiger partial charge in [0, 0.05) is 18.7 Å². The Morgan fingerprint density at radius 2 is 2.00 bits per heavy atom. The summed E-state index contributed by atoms with van der Waals surface area (Å²) in [7, 11) is 0. The SMILES string of the molecule is O=C(O)CCNC(=O)C1CCCN1C(=O)c1ccc(Cl)c(Cl)c1. The molecule has 1 aromatic carbocycles. The number of carbonyl (C=O) groups excluding carboxylic acids is 2. The predicted octanol–water partition coefficient (Wildman–Crippen LogP) is 2.19. The molecule has 0 aliphatic carbocycles. The van der Waals surface area contributed by atoms with Crippen LogP contribution < -0.4 is 5.32 Å². The number of carbonyl (C=O) groups is 3. The smallest absolute Gasteiger partial charge is 0.305 e. The summed E-state index contributed by atoms with van der Waals surface area (Å²) in [6.07, 6.45) is 1.11. The molecular weight excluding hydrogens is 343 g/mol. The minimum atomic E-state index is -0.986. The highest BCUT2D eigenvalue weighted by Crippen LogP contribution is 2.25. The topological polar surface area (TPSA) is 86.7 Å². The van der Waals surface area contributed by atoms with E-state index in [-0.39, 0.29) is 29.8 Å². The number of nitrogens with zero attached hydrogens (tertiary/aromatic N) is 1. The second kappa shape index (κ2) is 7.66. The van der Waals surface area contributed by atoms with E-state index in [1.165, 1.54) is 17.0 Å². The fraction of sp³-hybridized carbons (Fsp3) is 0.400. The Hall–Kier alpha value is -1.79. The van der Waals surface area contributed by atoms with Crippen LogP contribution in [0.3, 0.4) is 0 Å². The van der Waals surface area contributed by atoms with Crippen molar-refractivity contribution >= 4 is 41.0 Å². The Morgan fingerprint density at radius 3 is 2.65 bits per heavy atom. The first-order chi connectivity index (χ1) is 10.9. The number of amides is 2. The number of rotatable bonds is 5. The summed E-state index contributed by atoms with van der Waals surface area (Å²) in [6, 6.07) is 3.98. The third-order valence-corrected chi connectivity index (χ3v) is 4.36. The van der Waals surface area contributed by atoms with E-state index in [1.54, 1.807) is 6.07 Å². The van der Waals surface area contributed by atoms with Crippen LogP contribution >= 0.6 is 23.2 Å².